The van der Waals surface area contributed by atoms with Crippen LogP contribution in [0, 0.1) is 5.92 Å². The van der Waals surface area contributed by atoms with Gasteiger partial charge in [0.15, 0.2) is 0 Å². The SMILES string of the molecule is CCCCC(CCCC)CO[SiH3]. The number of hydrogen-bond donors (Lipinski definition) is 0. The molecule has 0 aliphatic heterocycles. The van der Waals surface area contributed by atoms with Crippen LogP contribution in [0.1, 0.15) is 52.4 Å². The van der Waals surface area contributed by atoms with Crippen molar-refractivity contribution < 1.29 is 4.43 Å². The molecule has 0 saturated carbocycles. The van der Waals surface area contributed by atoms with Crippen LogP contribution in [0.15, 0.2) is 0 Å². The van der Waals surface area contributed by atoms with E-state index < -0.39 is 0 Å². The first-order valence-electron chi connectivity index (χ1n) is 5.34. The highest BCUT2D eigenvalue weighted by molar-refractivity contribution is 5.97. The van der Waals surface area contributed by atoms with Gasteiger partial charge < -0.3 is 4.43 Å². The van der Waals surface area contributed by atoms with Crippen LogP contribution in [0.3, 0.4) is 0 Å². The molecular weight excluding hydrogens is 164 g/mol. The third kappa shape index (κ3) is 6.86. The largest absolute Gasteiger partial charge is 0.428 e. The van der Waals surface area contributed by atoms with Crippen molar-refractivity contribution in [2.75, 3.05) is 6.61 Å². The maximum Gasteiger partial charge on any atom is 0.145 e. The summed E-state index contributed by atoms with van der Waals surface area (Å²) in [4.78, 5) is 0. The highest BCUT2D eigenvalue weighted by Gasteiger charge is 2.06. The molecule has 0 aliphatic rings. The number of hydrogen-bond acceptors (Lipinski definition) is 1. The van der Waals surface area contributed by atoms with Crippen LogP contribution < -0.4 is 0 Å². The van der Waals surface area contributed by atoms with Gasteiger partial charge in [0.25, 0.3) is 0 Å². The Labute approximate surface area is 80.4 Å². The van der Waals surface area contributed by atoms with Crippen LogP contribution in [0.2, 0.25) is 0 Å². The Bertz CT molecular complexity index is 77.9. The van der Waals surface area contributed by atoms with E-state index in [2.05, 4.69) is 13.8 Å². The van der Waals surface area contributed by atoms with E-state index in [0.717, 1.165) is 23.0 Å². The second kappa shape index (κ2) is 9.27. The van der Waals surface area contributed by atoms with Gasteiger partial charge in [-0.2, -0.15) is 0 Å². The Kier molecular flexibility index (Phi) is 9.40. The van der Waals surface area contributed by atoms with Crippen LogP contribution in [0.5, 0.6) is 0 Å². The predicted molar refractivity (Wildman–Crippen MR) is 58.4 cm³/mol. The summed E-state index contributed by atoms with van der Waals surface area (Å²) < 4.78 is 5.34. The highest BCUT2D eigenvalue weighted by Crippen LogP contribution is 2.15. The molecule has 74 valence electrons. The molecule has 1 nitrogen and oxygen atoms in total. The second-order valence-corrected chi connectivity index (χ2v) is 4.18. The monoisotopic (exact) mass is 188 g/mol. The first kappa shape index (κ1) is 12.2. The Morgan fingerprint density at radius 1 is 1.08 bits per heavy atom. The summed E-state index contributed by atoms with van der Waals surface area (Å²) in [5.74, 6) is 0.849. The van der Waals surface area contributed by atoms with E-state index in [1.54, 1.807) is 0 Å². The van der Waals surface area contributed by atoms with E-state index in [9.17, 15) is 0 Å². The summed E-state index contributed by atoms with van der Waals surface area (Å²) in [5.41, 5.74) is 0. The summed E-state index contributed by atoms with van der Waals surface area (Å²) in [6.45, 7) is 5.54. The lowest BCUT2D eigenvalue weighted by Gasteiger charge is -2.14. The van der Waals surface area contributed by atoms with Gasteiger partial charge in [0.2, 0.25) is 0 Å². The molecule has 0 fully saturated rings. The zero-order valence-electron chi connectivity index (χ0n) is 8.94. The lowest BCUT2D eigenvalue weighted by Crippen LogP contribution is -2.08. The van der Waals surface area contributed by atoms with Crippen molar-refractivity contribution in [1.82, 2.24) is 0 Å². The fraction of sp³-hybridized carbons (Fsp3) is 1.00. The molecule has 0 saturated heterocycles. The van der Waals surface area contributed by atoms with Crippen molar-refractivity contribution in [1.29, 1.82) is 0 Å². The summed E-state index contributed by atoms with van der Waals surface area (Å²) in [5, 5.41) is 0. The molecule has 0 aliphatic carbocycles. The third-order valence-electron chi connectivity index (χ3n) is 2.33. The first-order valence-corrected chi connectivity index (χ1v) is 6.15. The van der Waals surface area contributed by atoms with Gasteiger partial charge in [0.1, 0.15) is 10.5 Å². The van der Waals surface area contributed by atoms with E-state index in [-0.39, 0.29) is 0 Å². The minimum atomic E-state index is 0.849. The fourth-order valence-electron chi connectivity index (χ4n) is 1.53. The average Bonchev–Trinajstić information content (AvgIpc) is 2.10. The Balaban J connectivity index is 3.40. The van der Waals surface area contributed by atoms with Gasteiger partial charge in [-0.15, -0.1) is 0 Å². The number of rotatable bonds is 8. The van der Waals surface area contributed by atoms with Gasteiger partial charge in [-0.3, -0.25) is 0 Å². The topological polar surface area (TPSA) is 9.23 Å². The molecule has 0 spiro atoms. The Morgan fingerprint density at radius 2 is 1.58 bits per heavy atom. The lowest BCUT2D eigenvalue weighted by atomic mass is 9.97. The molecule has 0 atom stereocenters. The minimum absolute atomic E-state index is 0.849. The maximum absolute atomic E-state index is 5.34. The summed E-state index contributed by atoms with van der Waals surface area (Å²) in [6, 6.07) is 0. The van der Waals surface area contributed by atoms with E-state index >= 15 is 0 Å². The molecule has 0 N–H and O–H groups in total. The van der Waals surface area contributed by atoms with Crippen LogP contribution in [-0.4, -0.2) is 17.1 Å². The number of unbranched alkanes of at least 4 members (excludes halogenated alkanes) is 2. The van der Waals surface area contributed by atoms with Crippen molar-refractivity contribution in [2.45, 2.75) is 52.4 Å². The van der Waals surface area contributed by atoms with Crippen LogP contribution in [-0.2, 0) is 4.43 Å². The second-order valence-electron chi connectivity index (χ2n) is 3.61. The van der Waals surface area contributed by atoms with Crippen LogP contribution in [0.4, 0.5) is 0 Å². The van der Waals surface area contributed by atoms with Crippen molar-refractivity contribution in [3.63, 3.8) is 0 Å². The molecule has 2 heteroatoms. The molecule has 0 heterocycles. The smallest absolute Gasteiger partial charge is 0.145 e. The van der Waals surface area contributed by atoms with Gasteiger partial charge >= 0.3 is 0 Å². The summed E-state index contributed by atoms with van der Waals surface area (Å²) >= 11 is 0. The fourth-order valence-corrected chi connectivity index (χ4v) is 2.00. The van der Waals surface area contributed by atoms with Gasteiger partial charge in [-0.25, -0.2) is 0 Å². The molecule has 0 rings (SSSR count). The molecule has 0 aromatic heterocycles. The van der Waals surface area contributed by atoms with Gasteiger partial charge in [0, 0.05) is 6.61 Å². The van der Waals surface area contributed by atoms with E-state index in [1.165, 1.54) is 38.5 Å². The van der Waals surface area contributed by atoms with E-state index in [4.69, 9.17) is 4.43 Å². The summed E-state index contributed by atoms with van der Waals surface area (Å²) in [6.07, 6.45) is 8.14. The zero-order chi connectivity index (χ0) is 9.23. The molecule has 0 amide bonds. The van der Waals surface area contributed by atoms with Crippen molar-refractivity contribution in [2.24, 2.45) is 5.92 Å². The van der Waals surface area contributed by atoms with Gasteiger partial charge in [-0.05, 0) is 18.8 Å². The van der Waals surface area contributed by atoms with E-state index in [1.807, 2.05) is 0 Å². The normalized spacial score (nSPS) is 11.2. The molecular formula is C10H24OSi. The third-order valence-corrected chi connectivity index (χ3v) is 2.67. The zero-order valence-corrected chi connectivity index (χ0v) is 10.9. The molecule has 0 bridgehead atoms. The Hall–Kier alpha value is 0.177. The van der Waals surface area contributed by atoms with Crippen molar-refractivity contribution in [3.8, 4) is 0 Å². The van der Waals surface area contributed by atoms with E-state index in [0.29, 0.717) is 0 Å². The first-order chi connectivity index (χ1) is 5.85. The van der Waals surface area contributed by atoms with Gasteiger partial charge in [0.05, 0.1) is 0 Å². The maximum atomic E-state index is 5.34. The standard InChI is InChI=1S/C10H24OSi/c1-3-5-7-10(9-11-12)8-6-4-2/h10H,3-9H2,1-2,12H3. The highest BCUT2D eigenvalue weighted by atomic mass is 28.2. The van der Waals surface area contributed by atoms with Crippen LogP contribution in [0.25, 0.3) is 0 Å². The quantitative estimate of drug-likeness (QED) is 0.531. The molecule has 0 aromatic rings. The molecule has 0 aromatic carbocycles. The minimum Gasteiger partial charge on any atom is -0.428 e. The van der Waals surface area contributed by atoms with Gasteiger partial charge in [-0.1, -0.05) is 39.5 Å². The van der Waals surface area contributed by atoms with Crippen molar-refractivity contribution in [3.05, 3.63) is 0 Å². The van der Waals surface area contributed by atoms with Crippen LogP contribution >= 0.6 is 0 Å². The molecule has 0 radical (unpaired) electrons. The molecule has 0 unspecified atom stereocenters. The average molecular weight is 188 g/mol. The molecule has 12 heavy (non-hydrogen) atoms. The Morgan fingerprint density at radius 3 is 1.92 bits per heavy atom. The predicted octanol–water partition coefficient (Wildman–Crippen LogP) is 2.28. The van der Waals surface area contributed by atoms with Crippen molar-refractivity contribution >= 4 is 10.5 Å². The summed E-state index contributed by atoms with van der Waals surface area (Å²) in [7, 11) is 0.904. The lowest BCUT2D eigenvalue weighted by molar-refractivity contribution is 0.242.